The van der Waals surface area contributed by atoms with Gasteiger partial charge in [-0.15, -0.1) is 0 Å². The molecular formula is C17H21N3O. The molecule has 1 heterocycles. The third-order valence-corrected chi connectivity index (χ3v) is 3.47. The van der Waals surface area contributed by atoms with Crippen LogP contribution < -0.4 is 11.1 Å². The summed E-state index contributed by atoms with van der Waals surface area (Å²) in [6, 6.07) is 13.3. The molecule has 0 aliphatic heterocycles. The molecule has 0 fully saturated rings. The van der Waals surface area contributed by atoms with Crippen molar-refractivity contribution >= 4 is 5.91 Å². The van der Waals surface area contributed by atoms with Crippen molar-refractivity contribution in [2.75, 3.05) is 0 Å². The highest BCUT2D eigenvalue weighted by atomic mass is 16.2. The van der Waals surface area contributed by atoms with E-state index in [1.807, 2.05) is 49.4 Å². The Morgan fingerprint density at radius 1 is 1.24 bits per heavy atom. The van der Waals surface area contributed by atoms with Crippen LogP contribution in [0.5, 0.6) is 0 Å². The number of aryl methyl sites for hydroxylation is 1. The second-order valence-electron chi connectivity index (χ2n) is 5.15. The Morgan fingerprint density at radius 3 is 2.67 bits per heavy atom. The van der Waals surface area contributed by atoms with Gasteiger partial charge in [0.15, 0.2) is 0 Å². The molecule has 1 unspecified atom stereocenters. The van der Waals surface area contributed by atoms with Crippen LogP contribution in [0.3, 0.4) is 0 Å². The molecule has 0 aliphatic rings. The van der Waals surface area contributed by atoms with Crippen molar-refractivity contribution in [3.05, 3.63) is 66.0 Å². The number of nitrogens with one attached hydrogen (secondary N) is 1. The fourth-order valence-corrected chi connectivity index (χ4v) is 2.13. The third-order valence-electron chi connectivity index (χ3n) is 3.47. The van der Waals surface area contributed by atoms with Gasteiger partial charge in [0.1, 0.15) is 0 Å². The van der Waals surface area contributed by atoms with E-state index in [2.05, 4.69) is 10.3 Å². The summed E-state index contributed by atoms with van der Waals surface area (Å²) in [5.74, 6) is -0.123. The molecule has 3 N–H and O–H groups in total. The molecule has 0 radical (unpaired) electrons. The molecule has 2 atom stereocenters. The van der Waals surface area contributed by atoms with Gasteiger partial charge < -0.3 is 11.1 Å². The molecule has 0 aliphatic carbocycles. The van der Waals surface area contributed by atoms with E-state index < -0.39 is 6.04 Å². The Hall–Kier alpha value is -2.20. The predicted octanol–water partition coefficient (Wildman–Crippen LogP) is 2.22. The average molecular weight is 283 g/mol. The number of aromatic nitrogens is 1. The summed E-state index contributed by atoms with van der Waals surface area (Å²) < 4.78 is 0. The van der Waals surface area contributed by atoms with Crippen molar-refractivity contribution in [1.29, 1.82) is 0 Å². The van der Waals surface area contributed by atoms with Crippen molar-refractivity contribution in [1.82, 2.24) is 10.3 Å². The van der Waals surface area contributed by atoms with E-state index in [9.17, 15) is 4.79 Å². The SMILES string of the molecule is CC(NC(=O)[C@@H](N)CCc1ccccc1)c1cccnc1. The Kier molecular flexibility index (Phi) is 5.46. The Bertz CT molecular complexity index is 557. The van der Waals surface area contributed by atoms with Gasteiger partial charge in [-0.05, 0) is 37.0 Å². The minimum Gasteiger partial charge on any atom is -0.348 e. The molecule has 0 bridgehead atoms. The molecule has 1 amide bonds. The molecule has 110 valence electrons. The van der Waals surface area contributed by atoms with Crippen LogP contribution in [0.25, 0.3) is 0 Å². The van der Waals surface area contributed by atoms with Gasteiger partial charge in [-0.2, -0.15) is 0 Å². The molecule has 0 saturated heterocycles. The number of carbonyl (C=O) groups excluding carboxylic acids is 1. The van der Waals surface area contributed by atoms with Crippen molar-refractivity contribution in [2.45, 2.75) is 31.8 Å². The topological polar surface area (TPSA) is 68.0 Å². The quantitative estimate of drug-likeness (QED) is 0.854. The van der Waals surface area contributed by atoms with Crippen molar-refractivity contribution in [3.8, 4) is 0 Å². The van der Waals surface area contributed by atoms with Crippen molar-refractivity contribution in [3.63, 3.8) is 0 Å². The number of carbonyl (C=O) groups is 1. The van der Waals surface area contributed by atoms with Gasteiger partial charge >= 0.3 is 0 Å². The van der Waals surface area contributed by atoms with Crippen LogP contribution in [0.15, 0.2) is 54.9 Å². The molecule has 1 aromatic heterocycles. The lowest BCUT2D eigenvalue weighted by Crippen LogP contribution is -2.41. The van der Waals surface area contributed by atoms with Gasteiger partial charge in [-0.3, -0.25) is 9.78 Å². The van der Waals surface area contributed by atoms with E-state index >= 15 is 0 Å². The molecule has 1 aromatic carbocycles. The zero-order chi connectivity index (χ0) is 15.1. The van der Waals surface area contributed by atoms with Crippen LogP contribution in [0.4, 0.5) is 0 Å². The minimum atomic E-state index is -0.496. The molecule has 4 heteroatoms. The summed E-state index contributed by atoms with van der Waals surface area (Å²) >= 11 is 0. The molecule has 0 spiro atoms. The lowest BCUT2D eigenvalue weighted by Gasteiger charge is -2.17. The molecule has 2 rings (SSSR count). The van der Waals surface area contributed by atoms with E-state index in [4.69, 9.17) is 5.73 Å². The predicted molar refractivity (Wildman–Crippen MR) is 83.5 cm³/mol. The average Bonchev–Trinajstić information content (AvgIpc) is 2.54. The summed E-state index contributed by atoms with van der Waals surface area (Å²) in [6.45, 7) is 1.93. The summed E-state index contributed by atoms with van der Waals surface area (Å²) in [5.41, 5.74) is 8.13. The van der Waals surface area contributed by atoms with Gasteiger partial charge in [-0.25, -0.2) is 0 Å². The van der Waals surface area contributed by atoms with E-state index in [0.717, 1.165) is 12.0 Å². The van der Waals surface area contributed by atoms with Gasteiger partial charge in [0.2, 0.25) is 5.91 Å². The van der Waals surface area contributed by atoms with Gasteiger partial charge in [-0.1, -0.05) is 36.4 Å². The zero-order valence-corrected chi connectivity index (χ0v) is 12.2. The number of benzene rings is 1. The monoisotopic (exact) mass is 283 g/mol. The first-order chi connectivity index (χ1) is 10.2. The van der Waals surface area contributed by atoms with E-state index in [-0.39, 0.29) is 11.9 Å². The standard InChI is InChI=1S/C17H21N3O/c1-13(15-8-5-11-19-12-15)20-17(21)16(18)10-9-14-6-3-2-4-7-14/h2-8,11-13,16H,9-10,18H2,1H3,(H,20,21)/t13?,16-/m0/s1. The molecule has 4 nitrogen and oxygen atoms in total. The van der Waals surface area contributed by atoms with Crippen LogP contribution in [0.2, 0.25) is 0 Å². The second-order valence-corrected chi connectivity index (χ2v) is 5.15. The van der Waals surface area contributed by atoms with Gasteiger partial charge in [0.05, 0.1) is 12.1 Å². The normalized spacial score (nSPS) is 13.4. The maximum Gasteiger partial charge on any atom is 0.237 e. The highest BCUT2D eigenvalue weighted by Crippen LogP contribution is 2.10. The third kappa shape index (κ3) is 4.68. The summed E-state index contributed by atoms with van der Waals surface area (Å²) in [5, 5.41) is 2.93. The number of hydrogen-bond donors (Lipinski definition) is 2. The summed E-state index contributed by atoms with van der Waals surface area (Å²) in [4.78, 5) is 16.1. The number of pyridine rings is 1. The highest BCUT2D eigenvalue weighted by molar-refractivity contribution is 5.81. The summed E-state index contributed by atoms with van der Waals surface area (Å²) in [6.07, 6.45) is 4.90. The van der Waals surface area contributed by atoms with E-state index in [0.29, 0.717) is 6.42 Å². The largest absolute Gasteiger partial charge is 0.348 e. The Morgan fingerprint density at radius 2 is 2.00 bits per heavy atom. The maximum atomic E-state index is 12.1. The molecule has 0 saturated carbocycles. The lowest BCUT2D eigenvalue weighted by molar-refractivity contribution is -0.123. The zero-order valence-electron chi connectivity index (χ0n) is 12.2. The Labute approximate surface area is 125 Å². The first-order valence-corrected chi connectivity index (χ1v) is 7.16. The number of nitrogens with two attached hydrogens (primary N) is 1. The molecule has 2 aromatic rings. The second kappa shape index (κ2) is 7.55. The lowest BCUT2D eigenvalue weighted by atomic mass is 10.0. The number of rotatable bonds is 6. The molecular weight excluding hydrogens is 262 g/mol. The van der Waals surface area contributed by atoms with Crippen LogP contribution in [-0.4, -0.2) is 16.9 Å². The maximum absolute atomic E-state index is 12.1. The molecule has 21 heavy (non-hydrogen) atoms. The fraction of sp³-hybridized carbons (Fsp3) is 0.294. The minimum absolute atomic E-state index is 0.0889. The number of nitrogens with zero attached hydrogens (tertiary/aromatic N) is 1. The van der Waals surface area contributed by atoms with Crippen LogP contribution in [0, 0.1) is 0 Å². The number of amides is 1. The first-order valence-electron chi connectivity index (χ1n) is 7.16. The van der Waals surface area contributed by atoms with E-state index in [1.54, 1.807) is 12.4 Å². The van der Waals surface area contributed by atoms with Crippen molar-refractivity contribution < 1.29 is 4.79 Å². The highest BCUT2D eigenvalue weighted by Gasteiger charge is 2.16. The number of hydrogen-bond acceptors (Lipinski definition) is 3. The van der Waals surface area contributed by atoms with E-state index in [1.165, 1.54) is 5.56 Å². The van der Waals surface area contributed by atoms with Crippen molar-refractivity contribution in [2.24, 2.45) is 5.73 Å². The fourth-order valence-electron chi connectivity index (χ4n) is 2.13. The van der Waals surface area contributed by atoms with Crippen LogP contribution in [0.1, 0.15) is 30.5 Å². The van der Waals surface area contributed by atoms with Gasteiger partial charge in [0, 0.05) is 12.4 Å². The smallest absolute Gasteiger partial charge is 0.237 e. The Balaban J connectivity index is 1.82. The first kappa shape index (κ1) is 15.2. The summed E-state index contributed by atoms with van der Waals surface area (Å²) in [7, 11) is 0. The van der Waals surface area contributed by atoms with Gasteiger partial charge in [0.25, 0.3) is 0 Å². The van der Waals surface area contributed by atoms with Crippen LogP contribution in [-0.2, 0) is 11.2 Å². The van der Waals surface area contributed by atoms with Crippen LogP contribution >= 0.6 is 0 Å².